The second-order valence-electron chi connectivity index (χ2n) is 7.53. The number of alkyl halides is 2. The molecule has 0 saturated heterocycles. The summed E-state index contributed by atoms with van der Waals surface area (Å²) in [6.07, 6.45) is 1.87. The third kappa shape index (κ3) is 5.63. The average molecular weight is 449 g/mol. The standard InChI is InChI=1S/C20H21F2N5O3S/c1-11-14(15-23-9-10-27(15)17(21)22)31-18(24-11)26-16(28)12-5-7-13(8-6-12)25-19(29)30-20(2,3)4/h5-10,17H,1-4H3,(H,25,29)(H,24,26,28). The number of nitrogens with zero attached hydrogens (tertiary/aromatic N) is 3. The Morgan fingerprint density at radius 2 is 1.84 bits per heavy atom. The largest absolute Gasteiger partial charge is 0.444 e. The smallest absolute Gasteiger partial charge is 0.412 e. The molecule has 2 amide bonds. The van der Waals surface area contributed by atoms with Gasteiger partial charge in [-0.3, -0.25) is 20.0 Å². The predicted molar refractivity (Wildman–Crippen MR) is 114 cm³/mol. The van der Waals surface area contributed by atoms with Gasteiger partial charge in [-0.1, -0.05) is 11.3 Å². The first kappa shape index (κ1) is 22.3. The number of hydrogen-bond acceptors (Lipinski definition) is 6. The lowest BCUT2D eigenvalue weighted by Crippen LogP contribution is -2.27. The Bertz CT molecular complexity index is 1090. The fraction of sp³-hybridized carbons (Fsp3) is 0.300. The Hall–Kier alpha value is -3.34. The number of thiazole rings is 1. The monoisotopic (exact) mass is 449 g/mol. The van der Waals surface area contributed by atoms with Gasteiger partial charge in [-0.15, -0.1) is 0 Å². The highest BCUT2D eigenvalue weighted by molar-refractivity contribution is 7.19. The number of amides is 2. The number of aromatic nitrogens is 3. The van der Waals surface area contributed by atoms with Crippen LogP contribution in [0.15, 0.2) is 36.7 Å². The summed E-state index contributed by atoms with van der Waals surface area (Å²) >= 11 is 1.06. The third-order valence-corrected chi connectivity index (χ3v) is 4.96. The van der Waals surface area contributed by atoms with Gasteiger partial charge in [0.25, 0.3) is 5.91 Å². The molecule has 3 aromatic rings. The van der Waals surface area contributed by atoms with Gasteiger partial charge in [-0.25, -0.2) is 14.8 Å². The predicted octanol–water partition coefficient (Wildman–Crippen LogP) is 5.31. The molecule has 2 N–H and O–H groups in total. The van der Waals surface area contributed by atoms with Crippen LogP contribution in [-0.4, -0.2) is 32.1 Å². The zero-order chi connectivity index (χ0) is 22.8. The summed E-state index contributed by atoms with van der Waals surface area (Å²) in [6, 6.07) is 6.20. The van der Waals surface area contributed by atoms with E-state index in [1.54, 1.807) is 39.8 Å². The molecule has 0 spiro atoms. The van der Waals surface area contributed by atoms with E-state index in [1.807, 2.05) is 0 Å². The fourth-order valence-corrected chi connectivity index (χ4v) is 3.56. The van der Waals surface area contributed by atoms with Crippen LogP contribution in [0, 0.1) is 6.92 Å². The lowest BCUT2D eigenvalue weighted by atomic mass is 10.2. The van der Waals surface area contributed by atoms with Crippen molar-refractivity contribution in [2.45, 2.75) is 39.8 Å². The molecule has 0 aliphatic heterocycles. The average Bonchev–Trinajstić information content (AvgIpc) is 3.27. The molecular formula is C20H21F2N5O3S. The van der Waals surface area contributed by atoms with Crippen LogP contribution in [0.4, 0.5) is 24.4 Å². The van der Waals surface area contributed by atoms with E-state index in [0.717, 1.165) is 15.9 Å². The van der Waals surface area contributed by atoms with Crippen molar-refractivity contribution in [3.8, 4) is 10.7 Å². The molecule has 2 heterocycles. The summed E-state index contributed by atoms with van der Waals surface area (Å²) in [5, 5.41) is 5.50. The Morgan fingerprint density at radius 3 is 2.45 bits per heavy atom. The molecule has 0 atom stereocenters. The topological polar surface area (TPSA) is 98.1 Å². The van der Waals surface area contributed by atoms with E-state index in [9.17, 15) is 18.4 Å². The number of rotatable bonds is 5. The van der Waals surface area contributed by atoms with E-state index >= 15 is 0 Å². The summed E-state index contributed by atoms with van der Waals surface area (Å²) in [7, 11) is 0. The number of hydrogen-bond donors (Lipinski definition) is 2. The minimum Gasteiger partial charge on any atom is -0.444 e. The molecule has 2 aromatic heterocycles. The number of anilines is 2. The molecule has 3 rings (SSSR count). The van der Waals surface area contributed by atoms with Crippen molar-refractivity contribution in [2.75, 3.05) is 10.6 Å². The van der Waals surface area contributed by atoms with Crippen molar-refractivity contribution in [2.24, 2.45) is 0 Å². The number of aryl methyl sites for hydroxylation is 1. The van der Waals surface area contributed by atoms with Gasteiger partial charge in [-0.2, -0.15) is 8.78 Å². The van der Waals surface area contributed by atoms with Crippen molar-refractivity contribution in [1.82, 2.24) is 14.5 Å². The highest BCUT2D eigenvalue weighted by Crippen LogP contribution is 2.33. The first-order chi connectivity index (χ1) is 14.5. The molecule has 0 bridgehead atoms. The Morgan fingerprint density at radius 1 is 1.16 bits per heavy atom. The summed E-state index contributed by atoms with van der Waals surface area (Å²) < 4.78 is 32.1. The lowest BCUT2D eigenvalue weighted by Gasteiger charge is -2.19. The van der Waals surface area contributed by atoms with E-state index in [2.05, 4.69) is 20.6 Å². The molecule has 0 unspecified atom stereocenters. The SMILES string of the molecule is Cc1nc(NC(=O)c2ccc(NC(=O)OC(C)(C)C)cc2)sc1-c1nccn1C(F)F. The first-order valence-corrected chi connectivity index (χ1v) is 10.1. The third-order valence-electron chi connectivity index (χ3n) is 3.89. The van der Waals surface area contributed by atoms with Gasteiger partial charge in [0, 0.05) is 23.6 Å². The van der Waals surface area contributed by atoms with Gasteiger partial charge in [0.15, 0.2) is 11.0 Å². The summed E-state index contributed by atoms with van der Waals surface area (Å²) in [6.45, 7) is 4.19. The number of benzene rings is 1. The van der Waals surface area contributed by atoms with E-state index in [0.29, 0.717) is 21.8 Å². The molecule has 0 saturated carbocycles. The van der Waals surface area contributed by atoms with Crippen LogP contribution in [0.1, 0.15) is 43.4 Å². The quantitative estimate of drug-likeness (QED) is 0.550. The number of carbonyl (C=O) groups excluding carboxylic acids is 2. The Kier molecular flexibility index (Phi) is 6.34. The molecule has 164 valence electrons. The fourth-order valence-electron chi connectivity index (χ4n) is 2.60. The second-order valence-corrected chi connectivity index (χ2v) is 8.53. The van der Waals surface area contributed by atoms with Crippen LogP contribution in [0.25, 0.3) is 10.7 Å². The second kappa shape index (κ2) is 8.80. The van der Waals surface area contributed by atoms with Crippen LogP contribution in [-0.2, 0) is 4.74 Å². The zero-order valence-corrected chi connectivity index (χ0v) is 18.1. The van der Waals surface area contributed by atoms with Gasteiger partial charge in [-0.05, 0) is 52.0 Å². The van der Waals surface area contributed by atoms with Crippen LogP contribution in [0.2, 0.25) is 0 Å². The number of halogens is 2. The van der Waals surface area contributed by atoms with Gasteiger partial charge in [0.1, 0.15) is 5.60 Å². The van der Waals surface area contributed by atoms with E-state index in [-0.39, 0.29) is 11.0 Å². The minimum absolute atomic E-state index is 0.0862. The van der Waals surface area contributed by atoms with Crippen LogP contribution in [0.5, 0.6) is 0 Å². The maximum atomic E-state index is 13.1. The molecule has 0 radical (unpaired) electrons. The highest BCUT2D eigenvalue weighted by atomic mass is 32.1. The van der Waals surface area contributed by atoms with Crippen molar-refractivity contribution in [1.29, 1.82) is 0 Å². The maximum absolute atomic E-state index is 13.1. The molecule has 8 nitrogen and oxygen atoms in total. The van der Waals surface area contributed by atoms with Crippen LogP contribution in [0.3, 0.4) is 0 Å². The van der Waals surface area contributed by atoms with Gasteiger partial charge < -0.3 is 4.74 Å². The van der Waals surface area contributed by atoms with E-state index in [1.165, 1.54) is 24.5 Å². The molecule has 1 aromatic carbocycles. The molecule has 0 aliphatic carbocycles. The normalized spacial score (nSPS) is 11.5. The molecular weight excluding hydrogens is 428 g/mol. The highest BCUT2D eigenvalue weighted by Gasteiger charge is 2.20. The summed E-state index contributed by atoms with van der Waals surface area (Å²) in [5.74, 6) is -0.343. The maximum Gasteiger partial charge on any atom is 0.412 e. The number of imidazole rings is 1. The van der Waals surface area contributed by atoms with Gasteiger partial charge in [0.05, 0.1) is 10.6 Å². The van der Waals surface area contributed by atoms with Crippen molar-refractivity contribution in [3.05, 3.63) is 47.9 Å². The Labute approximate surface area is 181 Å². The number of carbonyl (C=O) groups is 2. The van der Waals surface area contributed by atoms with Crippen LogP contribution >= 0.6 is 11.3 Å². The molecule has 31 heavy (non-hydrogen) atoms. The number of nitrogens with one attached hydrogen (secondary N) is 2. The number of ether oxygens (including phenoxy) is 1. The van der Waals surface area contributed by atoms with E-state index < -0.39 is 24.2 Å². The summed E-state index contributed by atoms with van der Waals surface area (Å²) in [5.41, 5.74) is 0.654. The lowest BCUT2D eigenvalue weighted by molar-refractivity contribution is 0.0635. The van der Waals surface area contributed by atoms with Gasteiger partial charge >= 0.3 is 12.6 Å². The zero-order valence-electron chi connectivity index (χ0n) is 17.3. The minimum atomic E-state index is -2.73. The Balaban J connectivity index is 1.68. The van der Waals surface area contributed by atoms with Crippen molar-refractivity contribution >= 4 is 34.2 Å². The molecule has 11 heteroatoms. The molecule has 0 aliphatic rings. The molecule has 0 fully saturated rings. The van der Waals surface area contributed by atoms with Crippen LogP contribution < -0.4 is 10.6 Å². The first-order valence-electron chi connectivity index (χ1n) is 9.23. The van der Waals surface area contributed by atoms with Crippen molar-refractivity contribution < 1.29 is 23.1 Å². The van der Waals surface area contributed by atoms with E-state index in [4.69, 9.17) is 4.74 Å². The van der Waals surface area contributed by atoms with Crippen molar-refractivity contribution in [3.63, 3.8) is 0 Å². The summed E-state index contributed by atoms with van der Waals surface area (Å²) in [4.78, 5) is 33.0. The van der Waals surface area contributed by atoms with Gasteiger partial charge in [0.2, 0.25) is 0 Å².